The van der Waals surface area contributed by atoms with Crippen LogP contribution in [0.1, 0.15) is 44.1 Å². The van der Waals surface area contributed by atoms with Gasteiger partial charge in [-0.25, -0.2) is 0 Å². The van der Waals surface area contributed by atoms with E-state index in [1.165, 1.54) is 0 Å². The Bertz CT molecular complexity index is 479. The Morgan fingerprint density at radius 1 is 1.32 bits per heavy atom. The summed E-state index contributed by atoms with van der Waals surface area (Å²) in [6, 6.07) is 11.0. The standard InChI is InChI=1S/C17H21NO/c1-2-16(13-7-4-3-5-8-13)17(19)18-14-9-6-10-15(18)12-11-14/h3-9,14-16H,2,10-12H2,1H3/t14-,15-,16-/m0/s1. The van der Waals surface area contributed by atoms with Gasteiger partial charge in [0.1, 0.15) is 0 Å². The minimum Gasteiger partial charge on any atom is -0.332 e. The summed E-state index contributed by atoms with van der Waals surface area (Å²) in [5, 5.41) is 0. The fraction of sp³-hybridized carbons (Fsp3) is 0.471. The van der Waals surface area contributed by atoms with Gasteiger partial charge in [0.25, 0.3) is 0 Å². The average molecular weight is 255 g/mol. The molecule has 2 heterocycles. The molecule has 19 heavy (non-hydrogen) atoms. The molecular formula is C17H21NO. The normalized spacial score (nSPS) is 26.5. The topological polar surface area (TPSA) is 20.3 Å². The number of amides is 1. The van der Waals surface area contributed by atoms with Crippen LogP contribution in [-0.2, 0) is 4.79 Å². The zero-order valence-corrected chi connectivity index (χ0v) is 11.5. The highest BCUT2D eigenvalue weighted by molar-refractivity contribution is 5.85. The van der Waals surface area contributed by atoms with E-state index in [2.05, 4.69) is 36.1 Å². The van der Waals surface area contributed by atoms with Crippen molar-refractivity contribution in [3.8, 4) is 0 Å². The van der Waals surface area contributed by atoms with Crippen molar-refractivity contribution in [3.05, 3.63) is 48.0 Å². The van der Waals surface area contributed by atoms with Gasteiger partial charge in [0.05, 0.1) is 12.0 Å². The van der Waals surface area contributed by atoms with Gasteiger partial charge in [-0.05, 0) is 31.2 Å². The summed E-state index contributed by atoms with van der Waals surface area (Å²) in [7, 11) is 0. The van der Waals surface area contributed by atoms with Gasteiger partial charge in [0.15, 0.2) is 0 Å². The molecule has 1 fully saturated rings. The van der Waals surface area contributed by atoms with Crippen LogP contribution in [0.4, 0.5) is 0 Å². The van der Waals surface area contributed by atoms with Crippen molar-refractivity contribution in [1.29, 1.82) is 0 Å². The van der Waals surface area contributed by atoms with E-state index in [0.717, 1.165) is 31.2 Å². The first-order valence-electron chi connectivity index (χ1n) is 7.35. The zero-order chi connectivity index (χ0) is 13.2. The number of rotatable bonds is 3. The molecule has 0 saturated carbocycles. The van der Waals surface area contributed by atoms with Crippen LogP contribution >= 0.6 is 0 Å². The van der Waals surface area contributed by atoms with Gasteiger partial charge in [0, 0.05) is 6.04 Å². The lowest BCUT2D eigenvalue weighted by molar-refractivity contribution is -0.135. The highest BCUT2D eigenvalue weighted by Gasteiger charge is 2.39. The van der Waals surface area contributed by atoms with Crippen molar-refractivity contribution in [3.63, 3.8) is 0 Å². The summed E-state index contributed by atoms with van der Waals surface area (Å²) in [4.78, 5) is 15.0. The smallest absolute Gasteiger partial charge is 0.230 e. The van der Waals surface area contributed by atoms with Crippen molar-refractivity contribution in [2.24, 2.45) is 0 Å². The van der Waals surface area contributed by atoms with Gasteiger partial charge in [-0.3, -0.25) is 4.79 Å². The Balaban J connectivity index is 1.85. The summed E-state index contributed by atoms with van der Waals surface area (Å²) >= 11 is 0. The maximum atomic E-state index is 12.9. The van der Waals surface area contributed by atoms with Gasteiger partial charge in [0.2, 0.25) is 5.91 Å². The highest BCUT2D eigenvalue weighted by Crippen LogP contribution is 2.35. The molecular weight excluding hydrogens is 234 g/mol. The number of nitrogens with zero attached hydrogens (tertiary/aromatic N) is 1. The Hall–Kier alpha value is -1.57. The minimum atomic E-state index is 0.0239. The van der Waals surface area contributed by atoms with Gasteiger partial charge < -0.3 is 4.90 Å². The van der Waals surface area contributed by atoms with Crippen LogP contribution in [-0.4, -0.2) is 22.9 Å². The van der Waals surface area contributed by atoms with Gasteiger partial charge in [-0.1, -0.05) is 49.4 Å². The summed E-state index contributed by atoms with van der Waals surface area (Å²) in [5.74, 6) is 0.348. The first kappa shape index (κ1) is 12.5. The van der Waals surface area contributed by atoms with E-state index in [9.17, 15) is 4.79 Å². The van der Waals surface area contributed by atoms with Crippen molar-refractivity contribution < 1.29 is 4.79 Å². The molecule has 1 aromatic carbocycles. The molecule has 0 N–H and O–H groups in total. The second-order valence-electron chi connectivity index (χ2n) is 5.58. The van der Waals surface area contributed by atoms with Crippen LogP contribution in [0.2, 0.25) is 0 Å². The first-order valence-corrected chi connectivity index (χ1v) is 7.35. The minimum absolute atomic E-state index is 0.0239. The summed E-state index contributed by atoms with van der Waals surface area (Å²) in [6.07, 6.45) is 8.68. The Labute approximate surface area is 115 Å². The number of carbonyl (C=O) groups excluding carboxylic acids is 1. The van der Waals surface area contributed by atoms with Crippen LogP contribution in [0.3, 0.4) is 0 Å². The molecule has 2 bridgehead atoms. The molecule has 3 rings (SSSR count). The van der Waals surface area contributed by atoms with Crippen LogP contribution in [0.5, 0.6) is 0 Å². The van der Waals surface area contributed by atoms with E-state index in [1.807, 2.05) is 18.2 Å². The zero-order valence-electron chi connectivity index (χ0n) is 11.5. The number of benzene rings is 1. The largest absolute Gasteiger partial charge is 0.332 e. The molecule has 0 radical (unpaired) electrons. The molecule has 1 aromatic rings. The number of hydrogen-bond acceptors (Lipinski definition) is 1. The third kappa shape index (κ3) is 2.20. The molecule has 2 nitrogen and oxygen atoms in total. The molecule has 0 unspecified atom stereocenters. The molecule has 0 spiro atoms. The second kappa shape index (κ2) is 5.20. The lowest BCUT2D eigenvalue weighted by Gasteiger charge is -2.34. The fourth-order valence-electron chi connectivity index (χ4n) is 3.49. The Kier molecular flexibility index (Phi) is 3.41. The monoisotopic (exact) mass is 255 g/mol. The quantitative estimate of drug-likeness (QED) is 0.757. The predicted octanol–water partition coefficient (Wildman–Crippen LogP) is 3.50. The van der Waals surface area contributed by atoms with Crippen molar-refractivity contribution in [2.75, 3.05) is 0 Å². The van der Waals surface area contributed by atoms with Crippen LogP contribution < -0.4 is 0 Å². The van der Waals surface area contributed by atoms with Crippen molar-refractivity contribution >= 4 is 5.91 Å². The van der Waals surface area contributed by atoms with Crippen LogP contribution in [0.25, 0.3) is 0 Å². The van der Waals surface area contributed by atoms with E-state index < -0.39 is 0 Å². The molecule has 2 aliphatic rings. The molecule has 2 aliphatic heterocycles. The van der Waals surface area contributed by atoms with E-state index in [1.54, 1.807) is 0 Å². The Morgan fingerprint density at radius 2 is 2.11 bits per heavy atom. The van der Waals surface area contributed by atoms with E-state index in [4.69, 9.17) is 0 Å². The summed E-state index contributed by atoms with van der Waals surface area (Å²) in [5.41, 5.74) is 1.16. The van der Waals surface area contributed by atoms with Crippen LogP contribution in [0.15, 0.2) is 42.5 Å². The number of fused-ring (bicyclic) bond motifs is 2. The number of carbonyl (C=O) groups is 1. The summed E-state index contributed by atoms with van der Waals surface area (Å²) in [6.45, 7) is 2.11. The molecule has 2 heteroatoms. The van der Waals surface area contributed by atoms with Gasteiger partial charge in [-0.15, -0.1) is 0 Å². The third-order valence-electron chi connectivity index (χ3n) is 4.48. The Morgan fingerprint density at radius 3 is 2.79 bits per heavy atom. The maximum Gasteiger partial charge on any atom is 0.230 e. The van der Waals surface area contributed by atoms with Crippen molar-refractivity contribution in [1.82, 2.24) is 4.90 Å². The lowest BCUT2D eigenvalue weighted by Crippen LogP contribution is -2.44. The van der Waals surface area contributed by atoms with Gasteiger partial charge in [-0.2, -0.15) is 0 Å². The average Bonchev–Trinajstić information content (AvgIpc) is 2.70. The number of hydrogen-bond donors (Lipinski definition) is 0. The highest BCUT2D eigenvalue weighted by atomic mass is 16.2. The molecule has 0 aliphatic carbocycles. The van der Waals surface area contributed by atoms with E-state index in [0.29, 0.717) is 18.0 Å². The van der Waals surface area contributed by atoms with Crippen molar-refractivity contribution in [2.45, 2.75) is 50.6 Å². The second-order valence-corrected chi connectivity index (χ2v) is 5.58. The van der Waals surface area contributed by atoms with Crippen LogP contribution in [0, 0.1) is 0 Å². The molecule has 1 amide bonds. The summed E-state index contributed by atoms with van der Waals surface area (Å²) < 4.78 is 0. The SMILES string of the molecule is CC[C@H](C(=O)N1[C@H]2CC=C[C@H]1CC2)c1ccccc1. The first-order chi connectivity index (χ1) is 9.31. The molecule has 1 saturated heterocycles. The lowest BCUT2D eigenvalue weighted by atomic mass is 9.93. The third-order valence-corrected chi connectivity index (χ3v) is 4.48. The predicted molar refractivity (Wildman–Crippen MR) is 76.9 cm³/mol. The molecule has 100 valence electrons. The van der Waals surface area contributed by atoms with Gasteiger partial charge >= 0.3 is 0 Å². The molecule has 3 atom stereocenters. The maximum absolute atomic E-state index is 12.9. The molecule has 0 aromatic heterocycles. The fourth-order valence-corrected chi connectivity index (χ4v) is 3.49. The van der Waals surface area contributed by atoms with E-state index in [-0.39, 0.29) is 5.92 Å². The van der Waals surface area contributed by atoms with E-state index >= 15 is 0 Å².